The van der Waals surface area contributed by atoms with E-state index in [0.29, 0.717) is 11.5 Å². The fraction of sp³-hybridized carbons (Fsp3) is 0.273. The van der Waals surface area contributed by atoms with Gasteiger partial charge < -0.3 is 14.2 Å². The van der Waals surface area contributed by atoms with Crippen molar-refractivity contribution in [3.8, 4) is 11.5 Å². The predicted molar refractivity (Wildman–Crippen MR) is 58.0 cm³/mol. The summed E-state index contributed by atoms with van der Waals surface area (Å²) in [5, 5.41) is 6.97. The monoisotopic (exact) mass is 223 g/mol. The summed E-state index contributed by atoms with van der Waals surface area (Å²) in [6, 6.07) is 6.61. The van der Waals surface area contributed by atoms with E-state index in [4.69, 9.17) is 19.6 Å². The lowest BCUT2D eigenvalue weighted by Crippen LogP contribution is -2.17. The van der Waals surface area contributed by atoms with Crippen molar-refractivity contribution in [1.82, 2.24) is 0 Å². The van der Waals surface area contributed by atoms with Crippen LogP contribution in [-0.4, -0.2) is 25.6 Å². The van der Waals surface area contributed by atoms with Gasteiger partial charge in [0, 0.05) is 6.92 Å². The molecule has 0 atom stereocenters. The Kier molecular flexibility index (Phi) is 4.32. The van der Waals surface area contributed by atoms with Gasteiger partial charge in [-0.3, -0.25) is 5.41 Å². The maximum atomic E-state index is 11.2. The molecule has 1 rings (SSSR count). The van der Waals surface area contributed by atoms with E-state index in [2.05, 4.69) is 0 Å². The highest BCUT2D eigenvalue weighted by Crippen LogP contribution is 2.16. The molecule has 1 aromatic rings. The molecule has 0 aliphatic rings. The van der Waals surface area contributed by atoms with E-state index in [1.807, 2.05) is 0 Å². The van der Waals surface area contributed by atoms with E-state index in [0.717, 1.165) is 0 Å². The number of hydrogen-bond donors (Lipinski definition) is 1. The van der Waals surface area contributed by atoms with E-state index in [-0.39, 0.29) is 12.5 Å². The number of rotatable bonds is 4. The van der Waals surface area contributed by atoms with Crippen LogP contribution in [-0.2, 0) is 9.53 Å². The quantitative estimate of drug-likeness (QED) is 0.364. The molecule has 1 N–H and O–H groups in total. The molecule has 0 bridgehead atoms. The van der Waals surface area contributed by atoms with Crippen molar-refractivity contribution in [2.75, 3.05) is 13.7 Å². The lowest BCUT2D eigenvalue weighted by molar-refractivity contribution is -0.137. The number of carbonyl (C=O) groups excluding carboxylic acids is 1. The van der Waals surface area contributed by atoms with E-state index in [9.17, 15) is 4.79 Å². The highest BCUT2D eigenvalue weighted by atomic mass is 16.6. The summed E-state index contributed by atoms with van der Waals surface area (Å²) in [5.41, 5.74) is 0. The standard InChI is InChI=1S/C11H13NO4/c1-8(12)15-7-11(13)16-10-5-3-9(14-2)4-6-10/h3-6,12H,7H2,1-2H3. The maximum absolute atomic E-state index is 11.2. The van der Waals surface area contributed by atoms with E-state index in [1.54, 1.807) is 31.4 Å². The second-order valence-electron chi connectivity index (χ2n) is 2.99. The van der Waals surface area contributed by atoms with Crippen molar-refractivity contribution in [2.45, 2.75) is 6.92 Å². The molecule has 5 nitrogen and oxygen atoms in total. The van der Waals surface area contributed by atoms with E-state index >= 15 is 0 Å². The van der Waals surface area contributed by atoms with Gasteiger partial charge in [0.15, 0.2) is 12.5 Å². The number of ether oxygens (including phenoxy) is 3. The molecular weight excluding hydrogens is 210 g/mol. The van der Waals surface area contributed by atoms with Crippen LogP contribution in [0.25, 0.3) is 0 Å². The first-order valence-corrected chi connectivity index (χ1v) is 4.64. The average Bonchev–Trinajstić information content (AvgIpc) is 2.27. The van der Waals surface area contributed by atoms with Crippen LogP contribution in [0, 0.1) is 5.41 Å². The molecule has 0 saturated heterocycles. The van der Waals surface area contributed by atoms with Crippen molar-refractivity contribution >= 4 is 11.9 Å². The lowest BCUT2D eigenvalue weighted by Gasteiger charge is -2.05. The maximum Gasteiger partial charge on any atom is 0.349 e. The summed E-state index contributed by atoms with van der Waals surface area (Å²) in [4.78, 5) is 11.2. The molecule has 0 saturated carbocycles. The Morgan fingerprint density at radius 1 is 1.25 bits per heavy atom. The summed E-state index contributed by atoms with van der Waals surface area (Å²) < 4.78 is 14.6. The average molecular weight is 223 g/mol. The molecule has 5 heteroatoms. The number of benzene rings is 1. The first-order chi connectivity index (χ1) is 7.61. The van der Waals surface area contributed by atoms with Gasteiger partial charge in [-0.15, -0.1) is 0 Å². The Morgan fingerprint density at radius 3 is 2.31 bits per heavy atom. The van der Waals surface area contributed by atoms with Crippen molar-refractivity contribution in [3.63, 3.8) is 0 Å². The smallest absolute Gasteiger partial charge is 0.349 e. The zero-order valence-electron chi connectivity index (χ0n) is 9.15. The Balaban J connectivity index is 2.46. The van der Waals surface area contributed by atoms with Crippen LogP contribution in [0.15, 0.2) is 24.3 Å². The van der Waals surface area contributed by atoms with Crippen LogP contribution in [0.3, 0.4) is 0 Å². The van der Waals surface area contributed by atoms with Crippen molar-refractivity contribution in [2.24, 2.45) is 0 Å². The van der Waals surface area contributed by atoms with Crippen LogP contribution < -0.4 is 9.47 Å². The van der Waals surface area contributed by atoms with Gasteiger partial charge in [0.05, 0.1) is 7.11 Å². The zero-order valence-corrected chi connectivity index (χ0v) is 9.15. The number of esters is 1. The molecule has 0 amide bonds. The number of hydrogen-bond acceptors (Lipinski definition) is 5. The van der Waals surface area contributed by atoms with Crippen molar-refractivity contribution in [1.29, 1.82) is 5.41 Å². The minimum Gasteiger partial charge on any atom is -0.497 e. The Morgan fingerprint density at radius 2 is 1.81 bits per heavy atom. The highest BCUT2D eigenvalue weighted by molar-refractivity contribution is 5.77. The third-order valence-electron chi connectivity index (χ3n) is 1.70. The second-order valence-corrected chi connectivity index (χ2v) is 2.99. The Labute approximate surface area is 93.4 Å². The van der Waals surface area contributed by atoms with Gasteiger partial charge in [-0.1, -0.05) is 0 Å². The SMILES string of the molecule is COc1ccc(OC(=O)COC(C)=N)cc1. The molecule has 86 valence electrons. The molecule has 0 unspecified atom stereocenters. The summed E-state index contributed by atoms with van der Waals surface area (Å²) in [6.45, 7) is 1.18. The summed E-state index contributed by atoms with van der Waals surface area (Å²) in [5.74, 6) is 0.534. The topological polar surface area (TPSA) is 68.6 Å². The Bertz CT molecular complexity index is 372. The lowest BCUT2D eigenvalue weighted by atomic mass is 10.3. The van der Waals surface area contributed by atoms with Crippen LogP contribution in [0.1, 0.15) is 6.92 Å². The van der Waals surface area contributed by atoms with Gasteiger partial charge in [0.2, 0.25) is 0 Å². The normalized spacial score (nSPS) is 9.38. The van der Waals surface area contributed by atoms with Gasteiger partial charge >= 0.3 is 5.97 Å². The third kappa shape index (κ3) is 4.00. The molecule has 0 aliphatic heterocycles. The molecule has 0 heterocycles. The summed E-state index contributed by atoms with van der Waals surface area (Å²) in [7, 11) is 1.56. The molecule has 0 fully saturated rings. The van der Waals surface area contributed by atoms with Gasteiger partial charge in [-0.05, 0) is 24.3 Å². The number of methoxy groups -OCH3 is 1. The van der Waals surface area contributed by atoms with Gasteiger partial charge in [0.25, 0.3) is 0 Å². The largest absolute Gasteiger partial charge is 0.497 e. The minimum absolute atomic E-state index is 0.0216. The van der Waals surface area contributed by atoms with Crippen molar-refractivity contribution in [3.05, 3.63) is 24.3 Å². The van der Waals surface area contributed by atoms with Gasteiger partial charge in [-0.25, -0.2) is 4.79 Å². The molecule has 16 heavy (non-hydrogen) atoms. The molecule has 0 spiro atoms. The Hall–Kier alpha value is -2.04. The first kappa shape index (κ1) is 12.0. The summed E-state index contributed by atoms with van der Waals surface area (Å²) in [6.07, 6.45) is 0. The molecular formula is C11H13NO4. The highest BCUT2D eigenvalue weighted by Gasteiger charge is 2.05. The third-order valence-corrected chi connectivity index (χ3v) is 1.70. The van der Waals surface area contributed by atoms with Crippen LogP contribution in [0.4, 0.5) is 0 Å². The van der Waals surface area contributed by atoms with Crippen LogP contribution in [0.2, 0.25) is 0 Å². The first-order valence-electron chi connectivity index (χ1n) is 4.64. The van der Waals surface area contributed by atoms with Gasteiger partial charge in [0.1, 0.15) is 11.5 Å². The zero-order chi connectivity index (χ0) is 12.0. The number of carbonyl (C=O) groups is 1. The predicted octanol–water partition coefficient (Wildman–Crippen LogP) is 1.61. The van der Waals surface area contributed by atoms with Crippen LogP contribution in [0.5, 0.6) is 11.5 Å². The fourth-order valence-electron chi connectivity index (χ4n) is 0.972. The molecule has 1 aromatic carbocycles. The fourth-order valence-corrected chi connectivity index (χ4v) is 0.972. The second kappa shape index (κ2) is 5.75. The summed E-state index contributed by atoms with van der Waals surface area (Å²) >= 11 is 0. The molecule has 0 aliphatic carbocycles. The minimum atomic E-state index is -0.545. The molecule has 0 radical (unpaired) electrons. The van der Waals surface area contributed by atoms with Crippen LogP contribution >= 0.6 is 0 Å². The van der Waals surface area contributed by atoms with E-state index < -0.39 is 5.97 Å². The van der Waals surface area contributed by atoms with Crippen molar-refractivity contribution < 1.29 is 19.0 Å². The van der Waals surface area contributed by atoms with Gasteiger partial charge in [-0.2, -0.15) is 0 Å². The molecule has 0 aromatic heterocycles. The number of nitrogens with one attached hydrogen (secondary N) is 1. The van der Waals surface area contributed by atoms with E-state index in [1.165, 1.54) is 6.92 Å².